The smallest absolute Gasteiger partial charge is 0.342 e. The highest BCUT2D eigenvalue weighted by Crippen LogP contribution is 2.21. The van der Waals surface area contributed by atoms with Crippen LogP contribution in [0.3, 0.4) is 0 Å². The van der Waals surface area contributed by atoms with E-state index in [9.17, 15) is 4.79 Å². The molecule has 0 fully saturated rings. The summed E-state index contributed by atoms with van der Waals surface area (Å²) in [5.74, 6) is -0.563. The highest BCUT2D eigenvalue weighted by atomic mass is 35.5. The van der Waals surface area contributed by atoms with Gasteiger partial charge in [0.2, 0.25) is 0 Å². The molecule has 0 saturated heterocycles. The molecular formula is C13H12Cl2O3. The Balaban J connectivity index is 3.02. The monoisotopic (exact) mass is 286 g/mol. The second kappa shape index (κ2) is 7.09. The summed E-state index contributed by atoms with van der Waals surface area (Å²) < 4.78 is 9.40. The van der Waals surface area contributed by atoms with Crippen LogP contribution in [0, 0.1) is 0 Å². The third-order valence-corrected chi connectivity index (χ3v) is 2.63. The molecule has 0 unspecified atom stereocenters. The van der Waals surface area contributed by atoms with Crippen LogP contribution in [0.25, 0.3) is 6.08 Å². The van der Waals surface area contributed by atoms with Crippen molar-refractivity contribution in [1.29, 1.82) is 0 Å². The number of ether oxygens (including phenoxy) is 2. The molecule has 0 aliphatic carbocycles. The van der Waals surface area contributed by atoms with Crippen molar-refractivity contribution in [2.75, 3.05) is 14.2 Å². The van der Waals surface area contributed by atoms with Crippen LogP contribution in [0.1, 0.15) is 5.56 Å². The van der Waals surface area contributed by atoms with Gasteiger partial charge in [-0.25, -0.2) is 4.79 Å². The summed E-state index contributed by atoms with van der Waals surface area (Å²) in [4.78, 5) is 11.5. The molecule has 0 radical (unpaired) electrons. The Labute approximate surface area is 116 Å². The minimum absolute atomic E-state index is 0.150. The van der Waals surface area contributed by atoms with E-state index in [-0.39, 0.29) is 10.6 Å². The van der Waals surface area contributed by atoms with E-state index in [0.29, 0.717) is 5.02 Å². The van der Waals surface area contributed by atoms with Crippen LogP contribution >= 0.6 is 23.2 Å². The Morgan fingerprint density at radius 1 is 1.22 bits per heavy atom. The van der Waals surface area contributed by atoms with Crippen LogP contribution in [-0.4, -0.2) is 20.2 Å². The van der Waals surface area contributed by atoms with Crippen LogP contribution in [-0.2, 0) is 14.3 Å². The molecule has 1 aromatic carbocycles. The molecule has 0 atom stereocenters. The lowest BCUT2D eigenvalue weighted by Gasteiger charge is -2.04. The van der Waals surface area contributed by atoms with Gasteiger partial charge in [0, 0.05) is 5.02 Å². The highest BCUT2D eigenvalue weighted by Gasteiger charge is 2.14. The fraction of sp³-hybridized carbons (Fsp3) is 0.154. The molecule has 0 bridgehead atoms. The molecule has 5 heteroatoms. The zero-order chi connectivity index (χ0) is 13.5. The molecule has 0 amide bonds. The zero-order valence-electron chi connectivity index (χ0n) is 9.94. The van der Waals surface area contributed by atoms with Gasteiger partial charge < -0.3 is 9.47 Å². The molecule has 1 rings (SSSR count). The summed E-state index contributed by atoms with van der Waals surface area (Å²) in [5.41, 5.74) is 0.965. The van der Waals surface area contributed by atoms with Gasteiger partial charge in [-0.1, -0.05) is 35.3 Å². The second-order valence-electron chi connectivity index (χ2n) is 3.30. The minimum Gasteiger partial charge on any atom is -0.503 e. The first-order valence-electron chi connectivity index (χ1n) is 5.03. The Bertz CT molecular complexity index is 476. The normalized spacial score (nSPS) is 12.2. The first kappa shape index (κ1) is 14.6. The van der Waals surface area contributed by atoms with Gasteiger partial charge in [0.05, 0.1) is 25.5 Å². The number of methoxy groups -OCH3 is 2. The van der Waals surface area contributed by atoms with Crippen LogP contribution in [0.4, 0.5) is 0 Å². The number of hydrogen-bond acceptors (Lipinski definition) is 3. The summed E-state index contributed by atoms with van der Waals surface area (Å²) in [7, 11) is 2.70. The number of carbonyl (C=O) groups is 1. The van der Waals surface area contributed by atoms with E-state index in [2.05, 4.69) is 4.74 Å². The molecule has 3 nitrogen and oxygen atoms in total. The van der Waals surface area contributed by atoms with Crippen molar-refractivity contribution >= 4 is 35.2 Å². The molecule has 18 heavy (non-hydrogen) atoms. The molecule has 0 spiro atoms. The predicted octanol–water partition coefficient (Wildman–Crippen LogP) is 3.62. The molecular weight excluding hydrogens is 275 g/mol. The van der Waals surface area contributed by atoms with Gasteiger partial charge in [0.15, 0.2) is 0 Å². The van der Waals surface area contributed by atoms with E-state index in [1.807, 2.05) is 0 Å². The largest absolute Gasteiger partial charge is 0.503 e. The molecule has 0 aromatic heterocycles. The summed E-state index contributed by atoms with van der Waals surface area (Å²) in [6.07, 6.45) is 2.86. The van der Waals surface area contributed by atoms with E-state index >= 15 is 0 Å². The van der Waals surface area contributed by atoms with E-state index in [4.69, 9.17) is 27.9 Å². The number of esters is 1. The number of rotatable bonds is 4. The highest BCUT2D eigenvalue weighted by molar-refractivity contribution is 6.37. The van der Waals surface area contributed by atoms with Gasteiger partial charge in [0.25, 0.3) is 0 Å². The summed E-state index contributed by atoms with van der Waals surface area (Å²) in [6, 6.07) is 7.03. The lowest BCUT2D eigenvalue weighted by atomic mass is 10.1. The molecule has 0 aliphatic rings. The van der Waals surface area contributed by atoms with Gasteiger partial charge in [-0.3, -0.25) is 0 Å². The fourth-order valence-corrected chi connectivity index (χ4v) is 1.59. The van der Waals surface area contributed by atoms with Crippen molar-refractivity contribution in [3.05, 3.63) is 51.7 Å². The average molecular weight is 287 g/mol. The SMILES string of the molecule is CO/C=C(C(=O)OC)/C(Cl)=C\c1ccc(Cl)cc1. The Morgan fingerprint density at radius 2 is 1.83 bits per heavy atom. The van der Waals surface area contributed by atoms with Crippen LogP contribution < -0.4 is 0 Å². The third-order valence-electron chi connectivity index (χ3n) is 2.06. The maximum atomic E-state index is 11.5. The van der Waals surface area contributed by atoms with Crippen molar-refractivity contribution in [1.82, 2.24) is 0 Å². The van der Waals surface area contributed by atoms with Crippen LogP contribution in [0.5, 0.6) is 0 Å². The lowest BCUT2D eigenvalue weighted by molar-refractivity contribution is -0.135. The topological polar surface area (TPSA) is 35.5 Å². The third kappa shape index (κ3) is 4.09. The molecule has 1 aromatic rings. The molecule has 0 N–H and O–H groups in total. The number of benzene rings is 1. The summed E-state index contributed by atoms with van der Waals surface area (Å²) in [5, 5.41) is 0.856. The van der Waals surface area contributed by atoms with E-state index in [0.717, 1.165) is 5.56 Å². The van der Waals surface area contributed by atoms with E-state index in [1.165, 1.54) is 20.5 Å². The van der Waals surface area contributed by atoms with Gasteiger partial charge in [-0.2, -0.15) is 0 Å². The molecule has 0 heterocycles. The van der Waals surface area contributed by atoms with Gasteiger partial charge in [0.1, 0.15) is 5.57 Å². The second-order valence-corrected chi connectivity index (χ2v) is 4.15. The lowest BCUT2D eigenvalue weighted by Crippen LogP contribution is -2.05. The van der Waals surface area contributed by atoms with Crippen LogP contribution in [0.15, 0.2) is 41.1 Å². The summed E-state index contributed by atoms with van der Waals surface area (Å²) >= 11 is 11.8. The standard InChI is InChI=1S/C13H12Cl2O3/c1-17-8-11(13(16)18-2)12(15)7-9-3-5-10(14)6-4-9/h3-8H,1-2H3/b11-8-,12-7+. The van der Waals surface area contributed by atoms with Crippen molar-refractivity contribution in [3.8, 4) is 0 Å². The van der Waals surface area contributed by atoms with Gasteiger partial charge >= 0.3 is 5.97 Å². The van der Waals surface area contributed by atoms with E-state index < -0.39 is 5.97 Å². The molecule has 96 valence electrons. The predicted molar refractivity (Wildman–Crippen MR) is 72.4 cm³/mol. The zero-order valence-corrected chi connectivity index (χ0v) is 11.5. The maximum Gasteiger partial charge on any atom is 0.342 e. The van der Waals surface area contributed by atoms with Crippen molar-refractivity contribution in [2.24, 2.45) is 0 Å². The number of hydrogen-bond donors (Lipinski definition) is 0. The minimum atomic E-state index is -0.563. The van der Waals surface area contributed by atoms with Crippen molar-refractivity contribution in [3.63, 3.8) is 0 Å². The van der Waals surface area contributed by atoms with Gasteiger partial charge in [-0.05, 0) is 23.8 Å². The maximum absolute atomic E-state index is 11.5. The molecule has 0 aliphatic heterocycles. The average Bonchev–Trinajstić information content (AvgIpc) is 2.37. The number of carbonyl (C=O) groups excluding carboxylic acids is 1. The molecule has 0 saturated carbocycles. The van der Waals surface area contributed by atoms with Crippen LogP contribution in [0.2, 0.25) is 5.02 Å². The Hall–Kier alpha value is -1.45. The van der Waals surface area contributed by atoms with E-state index in [1.54, 1.807) is 30.3 Å². The van der Waals surface area contributed by atoms with Crippen molar-refractivity contribution in [2.45, 2.75) is 0 Å². The van der Waals surface area contributed by atoms with Gasteiger partial charge in [-0.15, -0.1) is 0 Å². The first-order valence-corrected chi connectivity index (χ1v) is 5.78. The fourth-order valence-electron chi connectivity index (χ4n) is 1.21. The Morgan fingerprint density at radius 3 is 2.33 bits per heavy atom. The van der Waals surface area contributed by atoms with Crippen molar-refractivity contribution < 1.29 is 14.3 Å². The number of halogens is 2. The first-order chi connectivity index (χ1) is 8.58. The summed E-state index contributed by atoms with van der Waals surface area (Å²) in [6.45, 7) is 0. The quantitative estimate of drug-likeness (QED) is 0.367. The Kier molecular flexibility index (Phi) is 5.75.